The van der Waals surface area contributed by atoms with Crippen LogP contribution in [-0.4, -0.2) is 29.6 Å². The molecule has 0 rings (SSSR count). The van der Waals surface area contributed by atoms with Crippen molar-refractivity contribution in [1.29, 1.82) is 0 Å². The second-order valence-electron chi connectivity index (χ2n) is 5.60. The van der Waals surface area contributed by atoms with E-state index < -0.39 is 17.9 Å². The van der Waals surface area contributed by atoms with Gasteiger partial charge >= 0.3 is 6.09 Å². The number of allylic oxidation sites excluding steroid dienone is 1. The molecule has 5 nitrogen and oxygen atoms in total. The number of carbonyl (C=O) groups is 1. The van der Waals surface area contributed by atoms with E-state index in [9.17, 15) is 9.90 Å². The van der Waals surface area contributed by atoms with Crippen molar-refractivity contribution >= 4 is 18.7 Å². The minimum absolute atomic E-state index is 0.0451. The highest BCUT2D eigenvalue weighted by molar-refractivity contribution is 7.84. The smallest absolute Gasteiger partial charge is 0.407 e. The Morgan fingerprint density at radius 3 is 2.60 bits per heavy atom. The van der Waals surface area contributed by atoms with E-state index in [-0.39, 0.29) is 12.5 Å². The van der Waals surface area contributed by atoms with Crippen molar-refractivity contribution in [3.63, 3.8) is 0 Å². The molecular formula is C14H26N2O3S. The molecule has 0 heterocycles. The Balaban J connectivity index is 4.08. The van der Waals surface area contributed by atoms with Crippen molar-refractivity contribution in [2.24, 2.45) is 5.92 Å². The number of ether oxygens (including phenoxy) is 1. The number of nitrogens with one attached hydrogen (secondary N) is 2. The normalized spacial score (nSPS) is 15.2. The molecule has 0 aliphatic carbocycles. The van der Waals surface area contributed by atoms with Crippen molar-refractivity contribution in [3.8, 4) is 0 Å². The summed E-state index contributed by atoms with van der Waals surface area (Å²) in [5.74, 6) is 0.0451. The molecule has 0 aliphatic heterocycles. The van der Waals surface area contributed by atoms with Crippen LogP contribution in [0, 0.1) is 5.92 Å². The zero-order valence-electron chi connectivity index (χ0n) is 12.6. The number of hydrogen-bond acceptors (Lipinski definition) is 5. The third-order valence-corrected chi connectivity index (χ3v) is 2.60. The van der Waals surface area contributed by atoms with Crippen LogP contribution in [0.2, 0.25) is 0 Å². The van der Waals surface area contributed by atoms with Crippen LogP contribution in [0.15, 0.2) is 23.8 Å². The molecule has 116 valence electrons. The Morgan fingerprint density at radius 1 is 1.50 bits per heavy atom. The first-order valence-corrected chi connectivity index (χ1v) is 7.00. The Morgan fingerprint density at radius 2 is 2.10 bits per heavy atom. The predicted octanol–water partition coefficient (Wildman–Crippen LogP) is 2.40. The summed E-state index contributed by atoms with van der Waals surface area (Å²) >= 11 is 4.21. The minimum atomic E-state index is -0.684. The molecule has 1 amide bonds. The van der Waals surface area contributed by atoms with E-state index in [4.69, 9.17) is 4.74 Å². The highest BCUT2D eigenvalue weighted by Crippen LogP contribution is 2.08. The summed E-state index contributed by atoms with van der Waals surface area (Å²) in [6, 6.07) is 0. The first-order chi connectivity index (χ1) is 9.15. The van der Waals surface area contributed by atoms with Gasteiger partial charge in [0.25, 0.3) is 0 Å². The van der Waals surface area contributed by atoms with Crippen LogP contribution in [0.25, 0.3) is 0 Å². The molecule has 3 N–H and O–H groups in total. The van der Waals surface area contributed by atoms with E-state index in [1.54, 1.807) is 33.0 Å². The fourth-order valence-corrected chi connectivity index (χ4v) is 1.42. The summed E-state index contributed by atoms with van der Waals surface area (Å²) in [7, 11) is 0. The highest BCUT2D eigenvalue weighted by atomic mass is 32.1. The molecule has 0 radical (unpaired) electrons. The van der Waals surface area contributed by atoms with E-state index in [2.05, 4.69) is 29.8 Å². The molecule has 20 heavy (non-hydrogen) atoms. The third-order valence-electron chi connectivity index (χ3n) is 2.31. The fraction of sp³-hybridized carbons (Fsp3) is 0.643. The first kappa shape index (κ1) is 18.9. The first-order valence-electron chi connectivity index (χ1n) is 6.55. The minimum Gasteiger partial charge on any atom is -0.444 e. The molecule has 6 heteroatoms. The maximum atomic E-state index is 11.4. The molecule has 0 saturated heterocycles. The van der Waals surface area contributed by atoms with Crippen LogP contribution < -0.4 is 10.6 Å². The van der Waals surface area contributed by atoms with E-state index in [0.29, 0.717) is 11.3 Å². The zero-order chi connectivity index (χ0) is 15.8. The standard InChI is InChI=1S/C14H26N2O3S/c1-6-7-10(2)12(17)15-8-11(20)9-16-13(18)19-14(3,4)5/h6,8,10,12,15,17,20H,1,7,9H2,2-5H3,(H,16,18)/b11-8-/t10?,12-/m1/s1. The van der Waals surface area contributed by atoms with Gasteiger partial charge in [-0.3, -0.25) is 0 Å². The van der Waals surface area contributed by atoms with Gasteiger partial charge in [0.2, 0.25) is 0 Å². The molecule has 0 fully saturated rings. The fourth-order valence-electron chi connectivity index (χ4n) is 1.27. The number of alkyl carbamates (subject to hydrolysis) is 1. The lowest BCUT2D eigenvalue weighted by Gasteiger charge is -2.20. The van der Waals surface area contributed by atoms with E-state index in [0.717, 1.165) is 0 Å². The Hall–Kier alpha value is -1.14. The van der Waals surface area contributed by atoms with Gasteiger partial charge in [-0.25, -0.2) is 4.79 Å². The Labute approximate surface area is 126 Å². The summed E-state index contributed by atoms with van der Waals surface area (Å²) in [4.78, 5) is 12.0. The largest absolute Gasteiger partial charge is 0.444 e. The van der Waals surface area contributed by atoms with Crippen molar-refractivity contribution in [2.45, 2.75) is 45.9 Å². The van der Waals surface area contributed by atoms with Crippen LogP contribution in [0.3, 0.4) is 0 Å². The zero-order valence-corrected chi connectivity index (χ0v) is 13.5. The molecule has 1 unspecified atom stereocenters. The van der Waals surface area contributed by atoms with Crippen molar-refractivity contribution in [1.82, 2.24) is 10.6 Å². The number of aliphatic hydroxyl groups is 1. The van der Waals surface area contributed by atoms with Gasteiger partial charge in [0.15, 0.2) is 0 Å². The van der Waals surface area contributed by atoms with Crippen LogP contribution >= 0.6 is 12.6 Å². The number of carbonyl (C=O) groups excluding carboxylic acids is 1. The van der Waals surface area contributed by atoms with Gasteiger partial charge < -0.3 is 20.5 Å². The molecular weight excluding hydrogens is 276 g/mol. The monoisotopic (exact) mass is 302 g/mol. The van der Waals surface area contributed by atoms with Gasteiger partial charge in [-0.05, 0) is 27.2 Å². The van der Waals surface area contributed by atoms with Gasteiger partial charge in [-0.1, -0.05) is 13.0 Å². The summed E-state index contributed by atoms with van der Waals surface area (Å²) in [6.45, 7) is 11.1. The average molecular weight is 302 g/mol. The average Bonchev–Trinajstić information content (AvgIpc) is 2.31. The summed E-state index contributed by atoms with van der Waals surface area (Å²) < 4.78 is 5.09. The van der Waals surface area contributed by atoms with Gasteiger partial charge in [-0.2, -0.15) is 0 Å². The van der Waals surface area contributed by atoms with Crippen LogP contribution in [0.4, 0.5) is 4.79 Å². The molecule has 0 bridgehead atoms. The SMILES string of the molecule is C=CCC(C)[C@@H](O)N/C=C(\S)CNC(=O)OC(C)(C)C. The van der Waals surface area contributed by atoms with E-state index >= 15 is 0 Å². The van der Waals surface area contributed by atoms with Crippen LogP contribution in [-0.2, 0) is 4.74 Å². The predicted molar refractivity (Wildman–Crippen MR) is 84.4 cm³/mol. The summed E-state index contributed by atoms with van der Waals surface area (Å²) in [6.07, 6.45) is 2.84. The molecule has 0 spiro atoms. The van der Waals surface area contributed by atoms with Gasteiger partial charge in [-0.15, -0.1) is 19.2 Å². The van der Waals surface area contributed by atoms with E-state index in [1.165, 1.54) is 0 Å². The molecule has 2 atom stereocenters. The molecule has 0 aromatic heterocycles. The van der Waals surface area contributed by atoms with Crippen LogP contribution in [0.1, 0.15) is 34.1 Å². The lowest BCUT2D eigenvalue weighted by atomic mass is 10.1. The Kier molecular flexibility index (Phi) is 8.41. The summed E-state index contributed by atoms with van der Waals surface area (Å²) in [5.41, 5.74) is -0.529. The molecule has 0 aromatic carbocycles. The number of hydrogen-bond donors (Lipinski definition) is 4. The number of aliphatic hydroxyl groups excluding tert-OH is 1. The van der Waals surface area contributed by atoms with Gasteiger partial charge in [0, 0.05) is 17.0 Å². The molecule has 0 aromatic rings. The number of rotatable bonds is 7. The lowest BCUT2D eigenvalue weighted by molar-refractivity contribution is 0.0533. The van der Waals surface area contributed by atoms with Crippen molar-refractivity contribution in [2.75, 3.05) is 6.54 Å². The van der Waals surface area contributed by atoms with Crippen molar-refractivity contribution < 1.29 is 14.6 Å². The van der Waals surface area contributed by atoms with Crippen LogP contribution in [0.5, 0.6) is 0 Å². The van der Waals surface area contributed by atoms with Crippen molar-refractivity contribution in [3.05, 3.63) is 23.8 Å². The second-order valence-corrected chi connectivity index (χ2v) is 6.18. The van der Waals surface area contributed by atoms with E-state index in [1.807, 2.05) is 6.92 Å². The topological polar surface area (TPSA) is 70.6 Å². The van der Waals surface area contributed by atoms with Gasteiger partial charge in [0.1, 0.15) is 11.8 Å². The molecule has 0 aliphatic rings. The lowest BCUT2D eigenvalue weighted by Crippen LogP contribution is -2.34. The maximum absolute atomic E-state index is 11.4. The highest BCUT2D eigenvalue weighted by Gasteiger charge is 2.15. The molecule has 0 saturated carbocycles. The maximum Gasteiger partial charge on any atom is 0.407 e. The third kappa shape index (κ3) is 9.75. The van der Waals surface area contributed by atoms with Gasteiger partial charge in [0.05, 0.1) is 6.54 Å². The summed E-state index contributed by atoms with van der Waals surface area (Å²) in [5, 5.41) is 15.2. The quantitative estimate of drug-likeness (QED) is 0.331. The second kappa shape index (κ2) is 8.92. The number of thiol groups is 1. The number of amides is 1. The Bertz CT molecular complexity index is 351.